The van der Waals surface area contributed by atoms with Gasteiger partial charge in [0.25, 0.3) is 5.91 Å². The highest BCUT2D eigenvalue weighted by Crippen LogP contribution is 2.09. The number of hydrogen-bond donors (Lipinski definition) is 0. The van der Waals surface area contributed by atoms with Crippen molar-refractivity contribution in [2.75, 3.05) is 13.1 Å². The second kappa shape index (κ2) is 7.41. The molecule has 0 aliphatic carbocycles. The number of nitriles is 1. The summed E-state index contributed by atoms with van der Waals surface area (Å²) in [5.74, 6) is -0.257. The molecular formula is C17H20N4O. The molecule has 1 unspecified atom stereocenters. The molecule has 1 aromatic heterocycles. The molecule has 0 spiro atoms. The van der Waals surface area contributed by atoms with Gasteiger partial charge in [0.1, 0.15) is 0 Å². The maximum atomic E-state index is 12.5. The Morgan fingerprint density at radius 1 is 1.41 bits per heavy atom. The lowest BCUT2D eigenvalue weighted by molar-refractivity contribution is 0.0752. The van der Waals surface area contributed by atoms with Gasteiger partial charge in [0.2, 0.25) is 0 Å². The summed E-state index contributed by atoms with van der Waals surface area (Å²) in [6, 6.07) is 12.1. The first-order chi connectivity index (χ1) is 10.6. The molecule has 0 saturated carbocycles. The lowest BCUT2D eigenvalue weighted by Crippen LogP contribution is -2.34. The van der Waals surface area contributed by atoms with E-state index in [-0.39, 0.29) is 11.8 Å². The smallest absolute Gasteiger partial charge is 0.257 e. The fourth-order valence-corrected chi connectivity index (χ4v) is 2.24. The van der Waals surface area contributed by atoms with Gasteiger partial charge in [-0.25, -0.2) is 0 Å². The number of rotatable bonds is 6. The third kappa shape index (κ3) is 3.95. The Bertz CT molecular complexity index is 657. The van der Waals surface area contributed by atoms with E-state index in [0.29, 0.717) is 25.2 Å². The first-order valence-electron chi connectivity index (χ1n) is 7.39. The normalized spacial score (nSPS) is 11.7. The molecule has 0 N–H and O–H groups in total. The quantitative estimate of drug-likeness (QED) is 0.823. The van der Waals surface area contributed by atoms with Crippen molar-refractivity contribution >= 4 is 5.91 Å². The molecule has 0 aliphatic heterocycles. The zero-order valence-electron chi connectivity index (χ0n) is 12.9. The predicted molar refractivity (Wildman–Crippen MR) is 84.1 cm³/mol. The van der Waals surface area contributed by atoms with Crippen LogP contribution in [0.1, 0.15) is 29.8 Å². The number of aromatic nitrogens is 2. The van der Waals surface area contributed by atoms with E-state index in [1.807, 2.05) is 44.2 Å². The lowest BCUT2D eigenvalue weighted by atomic mass is 10.2. The third-order valence-corrected chi connectivity index (χ3v) is 3.45. The number of carbonyl (C=O) groups excluding carboxylic acids is 1. The second-order valence-corrected chi connectivity index (χ2v) is 5.29. The van der Waals surface area contributed by atoms with Crippen molar-refractivity contribution in [3.63, 3.8) is 0 Å². The summed E-state index contributed by atoms with van der Waals surface area (Å²) < 4.78 is 1.75. The highest BCUT2D eigenvalue weighted by atomic mass is 16.2. The minimum absolute atomic E-state index is 0.0797. The molecular weight excluding hydrogens is 276 g/mol. The Kier molecular flexibility index (Phi) is 5.31. The van der Waals surface area contributed by atoms with Crippen LogP contribution in [0.25, 0.3) is 0 Å². The Balaban J connectivity index is 2.06. The third-order valence-electron chi connectivity index (χ3n) is 3.45. The van der Waals surface area contributed by atoms with Crippen molar-refractivity contribution in [1.29, 1.82) is 5.26 Å². The van der Waals surface area contributed by atoms with Crippen LogP contribution in [0.4, 0.5) is 0 Å². The van der Waals surface area contributed by atoms with E-state index < -0.39 is 0 Å². The molecule has 0 fully saturated rings. The van der Waals surface area contributed by atoms with E-state index in [4.69, 9.17) is 5.26 Å². The van der Waals surface area contributed by atoms with Gasteiger partial charge in [-0.2, -0.15) is 10.4 Å². The average molecular weight is 296 g/mol. The maximum Gasteiger partial charge on any atom is 0.257 e. The highest BCUT2D eigenvalue weighted by Gasteiger charge is 2.18. The van der Waals surface area contributed by atoms with Crippen LogP contribution in [0.15, 0.2) is 42.7 Å². The van der Waals surface area contributed by atoms with Crippen LogP contribution >= 0.6 is 0 Å². The zero-order chi connectivity index (χ0) is 15.9. The fraction of sp³-hybridized carbons (Fsp3) is 0.353. The molecule has 5 heteroatoms. The van der Waals surface area contributed by atoms with Crippen LogP contribution in [0.3, 0.4) is 0 Å². The molecule has 1 atom stereocenters. The molecule has 0 bridgehead atoms. The maximum absolute atomic E-state index is 12.5. The number of benzene rings is 1. The Hall–Kier alpha value is -2.61. The van der Waals surface area contributed by atoms with Crippen LogP contribution in [0.2, 0.25) is 0 Å². The Labute approximate surface area is 130 Å². The van der Waals surface area contributed by atoms with Gasteiger partial charge in [-0.15, -0.1) is 0 Å². The number of nitrogens with zero attached hydrogens (tertiary/aromatic N) is 4. The molecule has 0 radical (unpaired) electrons. The summed E-state index contributed by atoms with van der Waals surface area (Å²) in [4.78, 5) is 14.1. The minimum Gasteiger partial charge on any atom is -0.338 e. The van der Waals surface area contributed by atoms with Gasteiger partial charge < -0.3 is 4.90 Å². The Morgan fingerprint density at radius 3 is 2.77 bits per heavy atom. The van der Waals surface area contributed by atoms with Crippen molar-refractivity contribution in [3.05, 3.63) is 53.9 Å². The molecule has 114 valence electrons. The summed E-state index contributed by atoms with van der Waals surface area (Å²) in [6.45, 7) is 5.38. The van der Waals surface area contributed by atoms with Crippen molar-refractivity contribution in [2.24, 2.45) is 5.92 Å². The minimum atomic E-state index is -0.178. The molecule has 5 nitrogen and oxygen atoms in total. The van der Waals surface area contributed by atoms with Gasteiger partial charge in [0.05, 0.1) is 30.3 Å². The summed E-state index contributed by atoms with van der Waals surface area (Å²) in [5.41, 5.74) is 1.69. The van der Waals surface area contributed by atoms with E-state index in [0.717, 1.165) is 5.56 Å². The van der Waals surface area contributed by atoms with Gasteiger partial charge in [0.15, 0.2) is 0 Å². The molecule has 0 saturated heterocycles. The van der Waals surface area contributed by atoms with Crippen molar-refractivity contribution in [2.45, 2.75) is 20.4 Å². The van der Waals surface area contributed by atoms with E-state index in [1.165, 1.54) is 0 Å². The fourth-order valence-electron chi connectivity index (χ4n) is 2.24. The number of carbonyl (C=O) groups is 1. The monoisotopic (exact) mass is 296 g/mol. The van der Waals surface area contributed by atoms with Crippen molar-refractivity contribution < 1.29 is 4.79 Å². The molecule has 22 heavy (non-hydrogen) atoms. The summed E-state index contributed by atoms with van der Waals surface area (Å²) in [7, 11) is 0. The second-order valence-electron chi connectivity index (χ2n) is 5.29. The largest absolute Gasteiger partial charge is 0.338 e. The first kappa shape index (κ1) is 15.8. The molecule has 1 heterocycles. The standard InChI is InChI=1S/C17H20N4O/c1-3-20(11-14(2)9-18)17(22)16-10-19-21(13-16)12-15-7-5-4-6-8-15/h4-8,10,13-14H,3,11-12H2,1-2H3. The van der Waals surface area contributed by atoms with Crippen LogP contribution in [-0.4, -0.2) is 33.7 Å². The highest BCUT2D eigenvalue weighted by molar-refractivity contribution is 5.93. The number of amides is 1. The van der Waals surface area contributed by atoms with Gasteiger partial charge in [-0.05, 0) is 19.4 Å². The first-order valence-corrected chi connectivity index (χ1v) is 7.39. The topological polar surface area (TPSA) is 61.9 Å². The summed E-state index contributed by atoms with van der Waals surface area (Å²) in [6.07, 6.45) is 3.35. The molecule has 0 aliphatic rings. The predicted octanol–water partition coefficient (Wildman–Crippen LogP) is 2.55. The molecule has 2 rings (SSSR count). The SMILES string of the molecule is CCN(CC(C)C#N)C(=O)c1cnn(Cc2ccccc2)c1. The summed E-state index contributed by atoms with van der Waals surface area (Å²) in [5, 5.41) is 13.1. The lowest BCUT2D eigenvalue weighted by Gasteiger charge is -2.21. The summed E-state index contributed by atoms with van der Waals surface area (Å²) >= 11 is 0. The van der Waals surface area contributed by atoms with E-state index in [1.54, 1.807) is 22.0 Å². The van der Waals surface area contributed by atoms with Crippen LogP contribution < -0.4 is 0 Å². The van der Waals surface area contributed by atoms with Gasteiger partial charge in [0, 0.05) is 19.3 Å². The van der Waals surface area contributed by atoms with E-state index in [9.17, 15) is 4.79 Å². The zero-order valence-corrected chi connectivity index (χ0v) is 12.9. The Morgan fingerprint density at radius 2 is 2.14 bits per heavy atom. The van der Waals surface area contributed by atoms with E-state index in [2.05, 4.69) is 11.2 Å². The molecule has 1 amide bonds. The number of hydrogen-bond acceptors (Lipinski definition) is 3. The average Bonchev–Trinajstić information content (AvgIpc) is 3.01. The molecule has 2 aromatic rings. The molecule has 1 aromatic carbocycles. The van der Waals surface area contributed by atoms with Crippen LogP contribution in [0, 0.1) is 17.2 Å². The van der Waals surface area contributed by atoms with Gasteiger partial charge >= 0.3 is 0 Å². The van der Waals surface area contributed by atoms with Gasteiger partial charge in [-0.1, -0.05) is 30.3 Å². The van der Waals surface area contributed by atoms with E-state index >= 15 is 0 Å². The van der Waals surface area contributed by atoms with Gasteiger partial charge in [-0.3, -0.25) is 9.48 Å². The van der Waals surface area contributed by atoms with Crippen molar-refractivity contribution in [3.8, 4) is 6.07 Å². The van der Waals surface area contributed by atoms with Crippen LogP contribution in [0.5, 0.6) is 0 Å². The van der Waals surface area contributed by atoms with Crippen molar-refractivity contribution in [1.82, 2.24) is 14.7 Å². The van der Waals surface area contributed by atoms with Crippen LogP contribution in [-0.2, 0) is 6.54 Å².